The number of rotatable bonds is 2. The number of benzene rings is 2. The number of aryl methyl sites for hydroxylation is 1. The number of ether oxygens (including phenoxy) is 1. The van der Waals surface area contributed by atoms with Gasteiger partial charge in [0.1, 0.15) is 0 Å². The summed E-state index contributed by atoms with van der Waals surface area (Å²) < 4.78 is 39.9. The molecule has 0 aliphatic rings. The number of phenolic OH excluding ortho intramolecular Hbond substituents is 1. The first kappa shape index (κ1) is 13.3. The van der Waals surface area contributed by atoms with Gasteiger partial charge in [-0.05, 0) is 30.2 Å². The third kappa shape index (κ3) is 3.40. The molecule has 0 unspecified atom stereocenters. The minimum absolute atomic E-state index is 0.546. The normalized spacial score (nSPS) is 11.4. The molecule has 0 aliphatic heterocycles. The number of hydrogen-bond acceptors (Lipinski definition) is 2. The molecule has 2 aromatic carbocycles. The summed E-state index contributed by atoms with van der Waals surface area (Å²) in [5.74, 6) is -1.15. The fourth-order valence-corrected chi connectivity index (χ4v) is 1.65. The van der Waals surface area contributed by atoms with Crippen molar-refractivity contribution in [1.82, 2.24) is 0 Å². The van der Waals surface area contributed by atoms with E-state index in [4.69, 9.17) is 0 Å². The van der Waals surface area contributed by atoms with Gasteiger partial charge in [0.15, 0.2) is 11.5 Å². The molecule has 0 amide bonds. The molecule has 100 valence electrons. The molecule has 0 atom stereocenters. The van der Waals surface area contributed by atoms with Gasteiger partial charge < -0.3 is 9.84 Å². The van der Waals surface area contributed by atoms with Gasteiger partial charge >= 0.3 is 6.36 Å². The first-order chi connectivity index (χ1) is 8.85. The topological polar surface area (TPSA) is 29.5 Å². The summed E-state index contributed by atoms with van der Waals surface area (Å²) in [6, 6.07) is 11.2. The molecule has 0 saturated carbocycles. The zero-order valence-electron chi connectivity index (χ0n) is 10.0. The van der Waals surface area contributed by atoms with Gasteiger partial charge in [-0.25, -0.2) is 0 Å². The Morgan fingerprint density at radius 3 is 2.05 bits per heavy atom. The Labute approximate surface area is 108 Å². The van der Waals surface area contributed by atoms with E-state index in [0.29, 0.717) is 5.56 Å². The molecular weight excluding hydrogens is 257 g/mol. The third-order valence-corrected chi connectivity index (χ3v) is 2.57. The second-order valence-corrected chi connectivity index (χ2v) is 4.10. The standard InChI is InChI=1S/C14H11F3O2/c1-9-2-4-10(5-3-9)11-6-7-13(12(18)8-11)19-14(15,16)17/h2-8,18H,1H3. The maximum atomic E-state index is 12.1. The van der Waals surface area contributed by atoms with Gasteiger partial charge in [0.05, 0.1) is 0 Å². The smallest absolute Gasteiger partial charge is 0.504 e. The second kappa shape index (κ2) is 4.84. The third-order valence-electron chi connectivity index (χ3n) is 2.57. The Bertz CT molecular complexity index is 574. The lowest BCUT2D eigenvalue weighted by Crippen LogP contribution is -2.17. The van der Waals surface area contributed by atoms with Crippen LogP contribution in [0.25, 0.3) is 11.1 Å². The fourth-order valence-electron chi connectivity index (χ4n) is 1.65. The quantitative estimate of drug-likeness (QED) is 0.881. The predicted octanol–water partition coefficient (Wildman–Crippen LogP) is 4.27. The summed E-state index contributed by atoms with van der Waals surface area (Å²) in [5.41, 5.74) is 2.50. The monoisotopic (exact) mass is 268 g/mol. The summed E-state index contributed by atoms with van der Waals surface area (Å²) in [7, 11) is 0. The van der Waals surface area contributed by atoms with Crippen molar-refractivity contribution in [3.8, 4) is 22.6 Å². The lowest BCUT2D eigenvalue weighted by molar-refractivity contribution is -0.275. The van der Waals surface area contributed by atoms with E-state index in [1.165, 1.54) is 12.1 Å². The summed E-state index contributed by atoms with van der Waals surface area (Å²) in [4.78, 5) is 0. The highest BCUT2D eigenvalue weighted by Gasteiger charge is 2.32. The summed E-state index contributed by atoms with van der Waals surface area (Å²) >= 11 is 0. The van der Waals surface area contributed by atoms with E-state index >= 15 is 0 Å². The van der Waals surface area contributed by atoms with Crippen LogP contribution in [-0.4, -0.2) is 11.5 Å². The van der Waals surface area contributed by atoms with Crippen LogP contribution in [0, 0.1) is 6.92 Å². The zero-order chi connectivity index (χ0) is 14.0. The van der Waals surface area contributed by atoms with E-state index in [1.807, 2.05) is 31.2 Å². The van der Waals surface area contributed by atoms with Crippen molar-refractivity contribution in [3.63, 3.8) is 0 Å². The fraction of sp³-hybridized carbons (Fsp3) is 0.143. The van der Waals surface area contributed by atoms with Crippen LogP contribution in [0.4, 0.5) is 13.2 Å². The van der Waals surface area contributed by atoms with Crippen LogP contribution in [0.2, 0.25) is 0 Å². The maximum absolute atomic E-state index is 12.1. The molecule has 0 saturated heterocycles. The molecule has 19 heavy (non-hydrogen) atoms. The SMILES string of the molecule is Cc1ccc(-c2ccc(OC(F)(F)F)c(O)c2)cc1. The van der Waals surface area contributed by atoms with Crippen LogP contribution in [0.15, 0.2) is 42.5 Å². The van der Waals surface area contributed by atoms with Crippen molar-refractivity contribution in [2.24, 2.45) is 0 Å². The number of aromatic hydroxyl groups is 1. The van der Waals surface area contributed by atoms with E-state index in [-0.39, 0.29) is 0 Å². The molecule has 1 N–H and O–H groups in total. The molecule has 0 aliphatic carbocycles. The lowest BCUT2D eigenvalue weighted by atomic mass is 10.0. The Morgan fingerprint density at radius 1 is 0.947 bits per heavy atom. The van der Waals surface area contributed by atoms with Gasteiger partial charge in [0, 0.05) is 0 Å². The average molecular weight is 268 g/mol. The predicted molar refractivity (Wildman–Crippen MR) is 65.0 cm³/mol. The van der Waals surface area contributed by atoms with E-state index in [9.17, 15) is 18.3 Å². The second-order valence-electron chi connectivity index (χ2n) is 4.10. The van der Waals surface area contributed by atoms with Crippen molar-refractivity contribution in [2.75, 3.05) is 0 Å². The van der Waals surface area contributed by atoms with Crippen LogP contribution in [0.1, 0.15) is 5.56 Å². The van der Waals surface area contributed by atoms with Crippen molar-refractivity contribution < 1.29 is 23.0 Å². The van der Waals surface area contributed by atoms with Crippen LogP contribution >= 0.6 is 0 Å². The number of phenols is 1. The van der Waals surface area contributed by atoms with Crippen LogP contribution in [0.3, 0.4) is 0 Å². The first-order valence-corrected chi connectivity index (χ1v) is 5.51. The van der Waals surface area contributed by atoms with E-state index in [1.54, 1.807) is 0 Å². The molecule has 0 fully saturated rings. The Hall–Kier alpha value is -2.17. The molecule has 0 spiro atoms. The average Bonchev–Trinajstić information content (AvgIpc) is 2.31. The molecule has 5 heteroatoms. The van der Waals surface area contributed by atoms with Gasteiger partial charge in [-0.15, -0.1) is 13.2 Å². The molecule has 0 heterocycles. The van der Waals surface area contributed by atoms with Crippen molar-refractivity contribution in [3.05, 3.63) is 48.0 Å². The van der Waals surface area contributed by atoms with Crippen LogP contribution in [-0.2, 0) is 0 Å². The molecule has 2 aromatic rings. The van der Waals surface area contributed by atoms with Gasteiger partial charge in [-0.3, -0.25) is 0 Å². The van der Waals surface area contributed by atoms with Gasteiger partial charge in [0.25, 0.3) is 0 Å². The zero-order valence-corrected chi connectivity index (χ0v) is 10.0. The highest BCUT2D eigenvalue weighted by atomic mass is 19.4. The molecule has 2 nitrogen and oxygen atoms in total. The Kier molecular flexibility index (Phi) is 3.38. The van der Waals surface area contributed by atoms with Crippen molar-refractivity contribution in [1.29, 1.82) is 0 Å². The van der Waals surface area contributed by atoms with Gasteiger partial charge in [-0.2, -0.15) is 0 Å². The van der Waals surface area contributed by atoms with Crippen molar-refractivity contribution in [2.45, 2.75) is 13.3 Å². The van der Waals surface area contributed by atoms with Gasteiger partial charge in [0.2, 0.25) is 0 Å². The number of halogens is 3. The Balaban J connectivity index is 2.31. The van der Waals surface area contributed by atoms with Crippen LogP contribution in [0.5, 0.6) is 11.5 Å². The van der Waals surface area contributed by atoms with E-state index < -0.39 is 17.9 Å². The minimum atomic E-state index is -4.82. The van der Waals surface area contributed by atoms with Gasteiger partial charge in [-0.1, -0.05) is 35.9 Å². The molecule has 0 radical (unpaired) electrons. The minimum Gasteiger partial charge on any atom is -0.504 e. The summed E-state index contributed by atoms with van der Waals surface area (Å²) in [6.45, 7) is 1.93. The number of hydrogen-bond donors (Lipinski definition) is 1. The van der Waals surface area contributed by atoms with E-state index in [0.717, 1.165) is 17.2 Å². The molecule has 0 bridgehead atoms. The number of alkyl halides is 3. The van der Waals surface area contributed by atoms with Crippen LogP contribution < -0.4 is 4.74 Å². The largest absolute Gasteiger partial charge is 0.573 e. The molecular formula is C14H11F3O2. The molecule has 0 aromatic heterocycles. The summed E-state index contributed by atoms with van der Waals surface area (Å²) in [5, 5.41) is 9.55. The highest BCUT2D eigenvalue weighted by molar-refractivity contribution is 5.67. The summed E-state index contributed by atoms with van der Waals surface area (Å²) in [6.07, 6.45) is -4.82. The van der Waals surface area contributed by atoms with Crippen molar-refractivity contribution >= 4 is 0 Å². The Morgan fingerprint density at radius 2 is 1.53 bits per heavy atom. The van der Waals surface area contributed by atoms with E-state index in [2.05, 4.69) is 4.74 Å². The highest BCUT2D eigenvalue weighted by Crippen LogP contribution is 2.34. The lowest BCUT2D eigenvalue weighted by Gasteiger charge is -2.11. The first-order valence-electron chi connectivity index (χ1n) is 5.51. The maximum Gasteiger partial charge on any atom is 0.573 e. The molecule has 2 rings (SSSR count).